The molecular weight excluding hydrogens is 368 g/mol. The maximum absolute atomic E-state index is 12.4. The SMILES string of the molecule is CN(CCc1ccncc1)c1ccc(C(=O)NCc2ccc3c(c2)OCO3)nc1. The number of ether oxygens (including phenoxy) is 2. The molecule has 1 aliphatic heterocycles. The van der Waals surface area contributed by atoms with Crippen LogP contribution in [0.15, 0.2) is 61.1 Å². The van der Waals surface area contributed by atoms with Gasteiger partial charge in [0.1, 0.15) is 5.69 Å². The minimum atomic E-state index is -0.214. The molecule has 7 nitrogen and oxygen atoms in total. The Hall–Kier alpha value is -3.61. The normalized spacial score (nSPS) is 11.9. The van der Waals surface area contributed by atoms with Crippen LogP contribution in [-0.4, -0.2) is 36.3 Å². The number of fused-ring (bicyclic) bond motifs is 1. The van der Waals surface area contributed by atoms with Crippen LogP contribution in [0.2, 0.25) is 0 Å². The fourth-order valence-corrected chi connectivity index (χ4v) is 3.05. The van der Waals surface area contributed by atoms with Crippen molar-refractivity contribution in [2.45, 2.75) is 13.0 Å². The Bertz CT molecular complexity index is 977. The quantitative estimate of drug-likeness (QED) is 0.669. The zero-order chi connectivity index (χ0) is 20.1. The summed E-state index contributed by atoms with van der Waals surface area (Å²) >= 11 is 0. The summed E-state index contributed by atoms with van der Waals surface area (Å²) in [5.74, 6) is 1.22. The molecule has 1 aromatic carbocycles. The van der Waals surface area contributed by atoms with E-state index < -0.39 is 0 Å². The third-order valence-corrected chi connectivity index (χ3v) is 4.80. The van der Waals surface area contributed by atoms with E-state index in [0.717, 1.165) is 30.0 Å². The lowest BCUT2D eigenvalue weighted by Gasteiger charge is -2.19. The second-order valence-electron chi connectivity index (χ2n) is 6.80. The molecule has 0 bridgehead atoms. The summed E-state index contributed by atoms with van der Waals surface area (Å²) in [6.45, 7) is 1.48. The van der Waals surface area contributed by atoms with Gasteiger partial charge in [-0.1, -0.05) is 6.07 Å². The molecule has 0 fully saturated rings. The zero-order valence-electron chi connectivity index (χ0n) is 16.2. The van der Waals surface area contributed by atoms with Crippen molar-refractivity contribution in [3.8, 4) is 11.5 Å². The van der Waals surface area contributed by atoms with Crippen LogP contribution in [0.5, 0.6) is 11.5 Å². The van der Waals surface area contributed by atoms with E-state index in [0.29, 0.717) is 18.0 Å². The molecule has 148 valence electrons. The Morgan fingerprint density at radius 2 is 1.90 bits per heavy atom. The Morgan fingerprint density at radius 3 is 2.69 bits per heavy atom. The van der Waals surface area contributed by atoms with Gasteiger partial charge in [-0.2, -0.15) is 0 Å². The molecular formula is C22H22N4O3. The Labute approximate surface area is 169 Å². The number of rotatable bonds is 7. The first-order valence-corrected chi connectivity index (χ1v) is 9.42. The van der Waals surface area contributed by atoms with Crippen LogP contribution in [0.4, 0.5) is 5.69 Å². The standard InChI is InChI=1S/C22H22N4O3/c1-26(11-8-16-6-9-23-10-7-16)18-3-4-19(24-14-18)22(27)25-13-17-2-5-20-21(12-17)29-15-28-20/h2-7,9-10,12,14H,8,11,13,15H2,1H3,(H,25,27). The molecule has 29 heavy (non-hydrogen) atoms. The molecule has 3 aromatic rings. The second-order valence-corrected chi connectivity index (χ2v) is 6.80. The van der Waals surface area contributed by atoms with Crippen molar-refractivity contribution in [2.75, 3.05) is 25.3 Å². The van der Waals surface area contributed by atoms with Crippen LogP contribution in [0.1, 0.15) is 21.6 Å². The van der Waals surface area contributed by atoms with Crippen molar-refractivity contribution >= 4 is 11.6 Å². The predicted molar refractivity (Wildman–Crippen MR) is 109 cm³/mol. The molecule has 0 saturated heterocycles. The number of pyridine rings is 2. The van der Waals surface area contributed by atoms with Gasteiger partial charge in [0.25, 0.3) is 5.91 Å². The highest BCUT2D eigenvalue weighted by Gasteiger charge is 2.14. The zero-order valence-corrected chi connectivity index (χ0v) is 16.2. The Morgan fingerprint density at radius 1 is 1.07 bits per heavy atom. The average Bonchev–Trinajstić information content (AvgIpc) is 3.24. The maximum atomic E-state index is 12.4. The molecule has 1 N–H and O–H groups in total. The van der Waals surface area contributed by atoms with Gasteiger partial charge in [0.05, 0.1) is 11.9 Å². The second kappa shape index (κ2) is 8.60. The van der Waals surface area contributed by atoms with Crippen molar-refractivity contribution in [2.24, 2.45) is 0 Å². The van der Waals surface area contributed by atoms with E-state index in [1.165, 1.54) is 5.56 Å². The molecule has 1 amide bonds. The summed E-state index contributed by atoms with van der Waals surface area (Å²) < 4.78 is 10.7. The first-order valence-electron chi connectivity index (χ1n) is 9.42. The van der Waals surface area contributed by atoms with Crippen LogP contribution >= 0.6 is 0 Å². The van der Waals surface area contributed by atoms with E-state index in [4.69, 9.17) is 9.47 Å². The predicted octanol–water partition coefficient (Wildman–Crippen LogP) is 2.81. The highest BCUT2D eigenvalue weighted by atomic mass is 16.7. The highest BCUT2D eigenvalue weighted by Crippen LogP contribution is 2.32. The molecule has 4 rings (SSSR count). The monoisotopic (exact) mass is 390 g/mol. The lowest BCUT2D eigenvalue weighted by molar-refractivity contribution is 0.0946. The summed E-state index contributed by atoms with van der Waals surface area (Å²) in [5, 5.41) is 2.88. The topological polar surface area (TPSA) is 76.6 Å². The number of aromatic nitrogens is 2. The Balaban J connectivity index is 1.30. The number of hydrogen-bond donors (Lipinski definition) is 1. The fraction of sp³-hybridized carbons (Fsp3) is 0.227. The molecule has 2 aromatic heterocycles. The Kier molecular flexibility index (Phi) is 5.56. The molecule has 0 atom stereocenters. The lowest BCUT2D eigenvalue weighted by Crippen LogP contribution is -2.24. The van der Waals surface area contributed by atoms with Gasteiger partial charge < -0.3 is 19.7 Å². The number of anilines is 1. The van der Waals surface area contributed by atoms with Crippen molar-refractivity contribution in [1.82, 2.24) is 15.3 Å². The number of likely N-dealkylation sites (N-methyl/N-ethyl adjacent to an activating group) is 1. The number of carbonyl (C=O) groups is 1. The lowest BCUT2D eigenvalue weighted by atomic mass is 10.2. The first kappa shape index (κ1) is 18.7. The van der Waals surface area contributed by atoms with Gasteiger partial charge >= 0.3 is 0 Å². The number of nitrogens with one attached hydrogen (secondary N) is 1. The molecule has 0 saturated carbocycles. The summed E-state index contributed by atoms with van der Waals surface area (Å²) in [4.78, 5) is 22.9. The molecule has 7 heteroatoms. The largest absolute Gasteiger partial charge is 0.454 e. The number of hydrogen-bond acceptors (Lipinski definition) is 6. The number of amides is 1. The van der Waals surface area contributed by atoms with Crippen LogP contribution < -0.4 is 19.7 Å². The molecule has 0 radical (unpaired) electrons. The van der Waals surface area contributed by atoms with E-state index in [1.54, 1.807) is 24.7 Å². The minimum absolute atomic E-state index is 0.214. The molecule has 1 aliphatic rings. The number of nitrogens with zero attached hydrogens (tertiary/aromatic N) is 3. The molecule has 3 heterocycles. The van der Waals surface area contributed by atoms with Crippen molar-refractivity contribution in [3.05, 3.63) is 77.9 Å². The van der Waals surface area contributed by atoms with Crippen LogP contribution in [-0.2, 0) is 13.0 Å². The summed E-state index contributed by atoms with van der Waals surface area (Å²) in [6.07, 6.45) is 6.24. The van der Waals surface area contributed by atoms with Crippen molar-refractivity contribution in [3.63, 3.8) is 0 Å². The van der Waals surface area contributed by atoms with E-state index in [-0.39, 0.29) is 12.7 Å². The maximum Gasteiger partial charge on any atom is 0.270 e. The average molecular weight is 390 g/mol. The highest BCUT2D eigenvalue weighted by molar-refractivity contribution is 5.92. The summed E-state index contributed by atoms with van der Waals surface area (Å²) in [6, 6.07) is 13.3. The van der Waals surface area contributed by atoms with Gasteiger partial charge in [-0.3, -0.25) is 9.78 Å². The number of benzene rings is 1. The number of carbonyl (C=O) groups excluding carboxylic acids is 1. The molecule has 0 aliphatic carbocycles. The molecule has 0 unspecified atom stereocenters. The van der Waals surface area contributed by atoms with Crippen LogP contribution in [0.3, 0.4) is 0 Å². The van der Waals surface area contributed by atoms with Crippen molar-refractivity contribution in [1.29, 1.82) is 0 Å². The van der Waals surface area contributed by atoms with Gasteiger partial charge in [0, 0.05) is 32.5 Å². The van der Waals surface area contributed by atoms with Crippen molar-refractivity contribution < 1.29 is 14.3 Å². The smallest absolute Gasteiger partial charge is 0.270 e. The third-order valence-electron chi connectivity index (χ3n) is 4.80. The van der Waals surface area contributed by atoms with E-state index >= 15 is 0 Å². The van der Waals surface area contributed by atoms with Gasteiger partial charge in [-0.05, 0) is 53.9 Å². The van der Waals surface area contributed by atoms with Gasteiger partial charge in [-0.15, -0.1) is 0 Å². The first-order chi connectivity index (χ1) is 14.2. The van der Waals surface area contributed by atoms with Crippen LogP contribution in [0, 0.1) is 0 Å². The summed E-state index contributed by atoms with van der Waals surface area (Å²) in [5.41, 5.74) is 3.53. The third kappa shape index (κ3) is 4.63. The minimum Gasteiger partial charge on any atom is -0.454 e. The van der Waals surface area contributed by atoms with Gasteiger partial charge in [0.15, 0.2) is 11.5 Å². The summed E-state index contributed by atoms with van der Waals surface area (Å²) in [7, 11) is 2.01. The van der Waals surface area contributed by atoms with E-state index in [9.17, 15) is 4.79 Å². The van der Waals surface area contributed by atoms with E-state index in [1.807, 2.05) is 43.4 Å². The van der Waals surface area contributed by atoms with E-state index in [2.05, 4.69) is 20.2 Å². The fourth-order valence-electron chi connectivity index (χ4n) is 3.05. The van der Waals surface area contributed by atoms with Crippen LogP contribution in [0.25, 0.3) is 0 Å². The molecule has 0 spiro atoms. The van der Waals surface area contributed by atoms with Gasteiger partial charge in [-0.25, -0.2) is 4.98 Å². The van der Waals surface area contributed by atoms with Gasteiger partial charge in [0.2, 0.25) is 6.79 Å².